The molecular formula is C16H31N5. The van der Waals surface area contributed by atoms with E-state index < -0.39 is 0 Å². The lowest BCUT2D eigenvalue weighted by Gasteiger charge is -2.27. The Morgan fingerprint density at radius 2 is 1.76 bits per heavy atom. The van der Waals surface area contributed by atoms with E-state index in [2.05, 4.69) is 60.0 Å². The van der Waals surface area contributed by atoms with Gasteiger partial charge in [0.05, 0.1) is 0 Å². The molecule has 0 spiro atoms. The standard InChI is InChI=1S/C16H31N5/c1-6-9-17-15-14(8-3)16(19-13-18-15)21(10-7-2)12-11-20(4)5/h13H,6-12H2,1-5H3,(H,17,18,19). The number of hydrogen-bond acceptors (Lipinski definition) is 5. The van der Waals surface area contributed by atoms with E-state index in [9.17, 15) is 0 Å². The zero-order chi connectivity index (χ0) is 15.7. The summed E-state index contributed by atoms with van der Waals surface area (Å²) in [5, 5.41) is 3.43. The highest BCUT2D eigenvalue weighted by molar-refractivity contribution is 5.58. The summed E-state index contributed by atoms with van der Waals surface area (Å²) in [6.45, 7) is 10.6. The van der Waals surface area contributed by atoms with Crippen molar-refractivity contribution >= 4 is 11.6 Å². The Bertz CT molecular complexity index is 406. The van der Waals surface area contributed by atoms with E-state index in [1.165, 1.54) is 5.56 Å². The van der Waals surface area contributed by atoms with Crippen molar-refractivity contribution in [3.05, 3.63) is 11.9 Å². The minimum atomic E-state index is 0.949. The van der Waals surface area contributed by atoms with Crippen molar-refractivity contribution < 1.29 is 0 Å². The van der Waals surface area contributed by atoms with E-state index in [0.29, 0.717) is 0 Å². The first-order chi connectivity index (χ1) is 10.1. The van der Waals surface area contributed by atoms with E-state index in [1.54, 1.807) is 6.33 Å². The first-order valence-electron chi connectivity index (χ1n) is 8.11. The van der Waals surface area contributed by atoms with Gasteiger partial charge in [-0.2, -0.15) is 0 Å². The molecule has 5 nitrogen and oxygen atoms in total. The van der Waals surface area contributed by atoms with Gasteiger partial charge in [-0.1, -0.05) is 20.8 Å². The Hall–Kier alpha value is -1.36. The number of anilines is 2. The summed E-state index contributed by atoms with van der Waals surface area (Å²) in [4.78, 5) is 13.6. The summed E-state index contributed by atoms with van der Waals surface area (Å²) in [6.07, 6.45) is 4.86. The van der Waals surface area contributed by atoms with Crippen LogP contribution in [0.25, 0.3) is 0 Å². The number of likely N-dealkylation sites (N-methyl/N-ethyl adjacent to an activating group) is 1. The molecule has 0 atom stereocenters. The fourth-order valence-electron chi connectivity index (χ4n) is 2.31. The fraction of sp³-hybridized carbons (Fsp3) is 0.750. The molecule has 1 rings (SSSR count). The van der Waals surface area contributed by atoms with Gasteiger partial charge in [0.2, 0.25) is 0 Å². The Morgan fingerprint density at radius 1 is 1.00 bits per heavy atom. The summed E-state index contributed by atoms with van der Waals surface area (Å²) < 4.78 is 0. The molecule has 5 heteroatoms. The Labute approximate surface area is 129 Å². The maximum atomic E-state index is 4.57. The SMILES string of the molecule is CCCNc1ncnc(N(CCC)CCN(C)C)c1CC. The van der Waals surface area contributed by atoms with Crippen LogP contribution in [0.3, 0.4) is 0 Å². The van der Waals surface area contributed by atoms with Gasteiger partial charge in [0.15, 0.2) is 0 Å². The minimum absolute atomic E-state index is 0.949. The summed E-state index contributed by atoms with van der Waals surface area (Å²) in [5.41, 5.74) is 1.23. The van der Waals surface area contributed by atoms with Gasteiger partial charge in [0.1, 0.15) is 18.0 Å². The lowest BCUT2D eigenvalue weighted by molar-refractivity contribution is 0.412. The van der Waals surface area contributed by atoms with E-state index in [0.717, 1.165) is 57.1 Å². The maximum absolute atomic E-state index is 4.57. The molecule has 120 valence electrons. The molecule has 0 amide bonds. The van der Waals surface area contributed by atoms with Crippen LogP contribution >= 0.6 is 0 Å². The topological polar surface area (TPSA) is 44.3 Å². The number of rotatable bonds is 10. The van der Waals surface area contributed by atoms with Crippen LogP contribution in [0.1, 0.15) is 39.2 Å². The maximum Gasteiger partial charge on any atom is 0.137 e. The fourth-order valence-corrected chi connectivity index (χ4v) is 2.31. The monoisotopic (exact) mass is 293 g/mol. The average Bonchev–Trinajstić information content (AvgIpc) is 2.48. The Balaban J connectivity index is 2.99. The molecule has 1 N–H and O–H groups in total. The number of nitrogens with zero attached hydrogens (tertiary/aromatic N) is 4. The van der Waals surface area contributed by atoms with Crippen LogP contribution < -0.4 is 10.2 Å². The molecule has 0 aromatic carbocycles. The summed E-state index contributed by atoms with van der Waals surface area (Å²) in [7, 11) is 4.22. The molecule has 0 fully saturated rings. The molecule has 0 bridgehead atoms. The Morgan fingerprint density at radius 3 is 2.33 bits per heavy atom. The van der Waals surface area contributed by atoms with Crippen LogP contribution in [0.4, 0.5) is 11.6 Å². The molecule has 21 heavy (non-hydrogen) atoms. The van der Waals surface area contributed by atoms with Crippen LogP contribution in [0.2, 0.25) is 0 Å². The van der Waals surface area contributed by atoms with Crippen LogP contribution in [0, 0.1) is 0 Å². The van der Waals surface area contributed by atoms with Crippen molar-refractivity contribution in [1.82, 2.24) is 14.9 Å². The van der Waals surface area contributed by atoms with Crippen molar-refractivity contribution in [3.63, 3.8) is 0 Å². The third-order valence-electron chi connectivity index (χ3n) is 3.43. The van der Waals surface area contributed by atoms with Crippen molar-refractivity contribution in [2.24, 2.45) is 0 Å². The molecule has 0 unspecified atom stereocenters. The predicted molar refractivity (Wildman–Crippen MR) is 91.2 cm³/mol. The predicted octanol–water partition coefficient (Wildman–Crippen LogP) is 2.64. The molecule has 1 heterocycles. The number of hydrogen-bond donors (Lipinski definition) is 1. The van der Waals surface area contributed by atoms with Crippen molar-refractivity contribution in [3.8, 4) is 0 Å². The van der Waals surface area contributed by atoms with E-state index >= 15 is 0 Å². The van der Waals surface area contributed by atoms with Crippen molar-refractivity contribution in [2.45, 2.75) is 40.0 Å². The molecule has 0 saturated carbocycles. The lowest BCUT2D eigenvalue weighted by atomic mass is 10.2. The highest BCUT2D eigenvalue weighted by Crippen LogP contribution is 2.24. The normalized spacial score (nSPS) is 11.0. The molecule has 0 aliphatic heterocycles. The molecule has 0 radical (unpaired) electrons. The molecule has 0 aliphatic carbocycles. The second-order valence-electron chi connectivity index (χ2n) is 5.60. The molecule has 1 aromatic heterocycles. The van der Waals surface area contributed by atoms with Gasteiger partial charge in [-0.15, -0.1) is 0 Å². The highest BCUT2D eigenvalue weighted by Gasteiger charge is 2.15. The number of nitrogens with one attached hydrogen (secondary N) is 1. The zero-order valence-corrected chi connectivity index (χ0v) is 14.3. The second-order valence-corrected chi connectivity index (χ2v) is 5.60. The van der Waals surface area contributed by atoms with Gasteiger partial charge >= 0.3 is 0 Å². The zero-order valence-electron chi connectivity index (χ0n) is 14.3. The second kappa shape index (κ2) is 9.55. The van der Waals surface area contributed by atoms with Gasteiger partial charge in [-0.05, 0) is 33.4 Å². The van der Waals surface area contributed by atoms with Crippen LogP contribution in [-0.2, 0) is 6.42 Å². The molecule has 0 aliphatic rings. The third kappa shape index (κ3) is 5.50. The quantitative estimate of drug-likeness (QED) is 0.718. The van der Waals surface area contributed by atoms with Gasteiger partial charge in [0.25, 0.3) is 0 Å². The Kier molecular flexibility index (Phi) is 8.05. The smallest absolute Gasteiger partial charge is 0.137 e. The summed E-state index contributed by atoms with van der Waals surface area (Å²) in [5.74, 6) is 2.09. The van der Waals surface area contributed by atoms with Crippen LogP contribution in [-0.4, -0.2) is 55.1 Å². The molecule has 1 aromatic rings. The van der Waals surface area contributed by atoms with Crippen molar-refractivity contribution in [2.75, 3.05) is 50.5 Å². The largest absolute Gasteiger partial charge is 0.370 e. The summed E-state index contributed by atoms with van der Waals surface area (Å²) in [6, 6.07) is 0. The van der Waals surface area contributed by atoms with Crippen molar-refractivity contribution in [1.29, 1.82) is 0 Å². The van der Waals surface area contributed by atoms with Gasteiger partial charge in [-0.25, -0.2) is 9.97 Å². The minimum Gasteiger partial charge on any atom is -0.370 e. The third-order valence-corrected chi connectivity index (χ3v) is 3.43. The van der Waals surface area contributed by atoms with Gasteiger partial charge < -0.3 is 15.1 Å². The first kappa shape index (κ1) is 17.7. The van der Waals surface area contributed by atoms with Crippen LogP contribution in [0.15, 0.2) is 6.33 Å². The van der Waals surface area contributed by atoms with E-state index in [-0.39, 0.29) is 0 Å². The molecular weight excluding hydrogens is 262 g/mol. The highest BCUT2D eigenvalue weighted by atomic mass is 15.2. The molecule has 0 saturated heterocycles. The van der Waals surface area contributed by atoms with E-state index in [4.69, 9.17) is 0 Å². The van der Waals surface area contributed by atoms with E-state index in [1.807, 2.05) is 0 Å². The van der Waals surface area contributed by atoms with Gasteiger partial charge in [-0.3, -0.25) is 0 Å². The first-order valence-corrected chi connectivity index (χ1v) is 8.11. The lowest BCUT2D eigenvalue weighted by Crippen LogP contribution is -2.33. The average molecular weight is 293 g/mol. The van der Waals surface area contributed by atoms with Gasteiger partial charge in [0, 0.05) is 31.7 Å². The van der Waals surface area contributed by atoms with Crippen LogP contribution in [0.5, 0.6) is 0 Å². The number of aromatic nitrogens is 2. The summed E-state index contributed by atoms with van der Waals surface area (Å²) >= 11 is 0.